The third-order valence-corrected chi connectivity index (χ3v) is 2.67. The number of aromatic nitrogens is 3. The van der Waals surface area contributed by atoms with Gasteiger partial charge in [0.05, 0.1) is 5.69 Å². The van der Waals surface area contributed by atoms with E-state index >= 15 is 0 Å². The first-order chi connectivity index (χ1) is 8.69. The molecule has 0 amide bonds. The van der Waals surface area contributed by atoms with Crippen LogP contribution in [0.25, 0.3) is 11.3 Å². The van der Waals surface area contributed by atoms with Gasteiger partial charge in [0.25, 0.3) is 0 Å². The van der Waals surface area contributed by atoms with E-state index in [2.05, 4.69) is 15.0 Å². The maximum absolute atomic E-state index is 5.33. The molecule has 94 valence electrons. The third kappa shape index (κ3) is 3.21. The monoisotopic (exact) mass is 261 g/mol. The molecule has 0 bridgehead atoms. The molecule has 0 saturated heterocycles. The summed E-state index contributed by atoms with van der Waals surface area (Å²) in [5.41, 5.74) is 2.89. The minimum Gasteiger partial charge on any atom is -0.374 e. The van der Waals surface area contributed by atoms with E-state index in [1.165, 1.54) is 0 Å². The molecular weight excluding hydrogens is 246 g/mol. The maximum Gasteiger partial charge on any atom is 0.134 e. The van der Waals surface area contributed by atoms with Crippen molar-refractivity contribution in [3.05, 3.63) is 40.6 Å². The Balaban J connectivity index is 2.35. The highest BCUT2D eigenvalue weighted by molar-refractivity contribution is 7.71. The first-order valence-corrected chi connectivity index (χ1v) is 6.21. The number of aromatic amines is 1. The summed E-state index contributed by atoms with van der Waals surface area (Å²) in [6, 6.07) is 5.80. The van der Waals surface area contributed by atoms with Crippen molar-refractivity contribution in [1.82, 2.24) is 15.0 Å². The van der Waals surface area contributed by atoms with E-state index in [0.717, 1.165) is 22.8 Å². The number of rotatable bonds is 4. The molecule has 18 heavy (non-hydrogen) atoms. The second-order valence-corrected chi connectivity index (χ2v) is 4.32. The first kappa shape index (κ1) is 12.9. The smallest absolute Gasteiger partial charge is 0.134 e. The number of hydrogen-bond acceptors (Lipinski definition) is 4. The van der Waals surface area contributed by atoms with Gasteiger partial charge in [0, 0.05) is 24.1 Å². The van der Waals surface area contributed by atoms with Crippen LogP contribution in [0, 0.1) is 11.6 Å². The summed E-state index contributed by atoms with van der Waals surface area (Å²) in [5, 5.41) is 0. The molecule has 0 spiro atoms. The van der Waals surface area contributed by atoms with Gasteiger partial charge in [-0.2, -0.15) is 0 Å². The van der Waals surface area contributed by atoms with Crippen molar-refractivity contribution in [1.29, 1.82) is 0 Å². The zero-order valence-electron chi connectivity index (χ0n) is 10.4. The van der Waals surface area contributed by atoms with Crippen molar-refractivity contribution in [2.45, 2.75) is 20.5 Å². The van der Waals surface area contributed by atoms with Crippen LogP contribution in [0.1, 0.15) is 18.4 Å². The molecule has 0 saturated carbocycles. The standard InChI is InChI=1S/C13H15N3OS/c1-3-17-8-12-15-11(6-13(18)16-12)10-5-4-9(2)14-7-10/h4-7H,3,8H2,1-2H3,(H,15,16,18). The summed E-state index contributed by atoms with van der Waals surface area (Å²) in [7, 11) is 0. The van der Waals surface area contributed by atoms with E-state index in [1.54, 1.807) is 0 Å². The minimum atomic E-state index is 0.438. The predicted molar refractivity (Wildman–Crippen MR) is 72.7 cm³/mol. The molecule has 0 atom stereocenters. The molecule has 0 radical (unpaired) electrons. The largest absolute Gasteiger partial charge is 0.374 e. The van der Waals surface area contributed by atoms with Gasteiger partial charge in [-0.1, -0.05) is 12.2 Å². The Bertz CT molecular complexity index is 578. The lowest BCUT2D eigenvalue weighted by Crippen LogP contribution is -2.00. The number of nitrogens with one attached hydrogen (secondary N) is 1. The Morgan fingerprint density at radius 1 is 1.39 bits per heavy atom. The fourth-order valence-corrected chi connectivity index (χ4v) is 1.79. The maximum atomic E-state index is 5.33. The van der Waals surface area contributed by atoms with Gasteiger partial charge in [-0.05, 0) is 32.0 Å². The van der Waals surface area contributed by atoms with Gasteiger partial charge in [0.2, 0.25) is 0 Å². The normalized spacial score (nSPS) is 10.6. The van der Waals surface area contributed by atoms with Crippen LogP contribution in [0.3, 0.4) is 0 Å². The van der Waals surface area contributed by atoms with Crippen LogP contribution >= 0.6 is 12.2 Å². The predicted octanol–water partition coefficient (Wildman–Crippen LogP) is 3.05. The molecule has 2 aromatic rings. The van der Waals surface area contributed by atoms with Crippen LogP contribution in [0.5, 0.6) is 0 Å². The molecule has 2 heterocycles. The summed E-state index contributed by atoms with van der Waals surface area (Å²) in [4.78, 5) is 11.7. The molecule has 1 N–H and O–H groups in total. The van der Waals surface area contributed by atoms with Gasteiger partial charge < -0.3 is 9.72 Å². The van der Waals surface area contributed by atoms with Crippen LogP contribution in [0.4, 0.5) is 0 Å². The molecule has 0 aliphatic rings. The molecule has 2 aromatic heterocycles. The lowest BCUT2D eigenvalue weighted by molar-refractivity contribution is 0.128. The Kier molecular flexibility index (Phi) is 4.17. The van der Waals surface area contributed by atoms with E-state index in [-0.39, 0.29) is 0 Å². The number of ether oxygens (including phenoxy) is 1. The fraction of sp³-hybridized carbons (Fsp3) is 0.308. The molecule has 0 aliphatic heterocycles. The summed E-state index contributed by atoms with van der Waals surface area (Å²) < 4.78 is 5.88. The number of aryl methyl sites for hydroxylation is 1. The summed E-state index contributed by atoms with van der Waals surface area (Å²) >= 11 is 5.16. The zero-order valence-corrected chi connectivity index (χ0v) is 11.3. The summed E-state index contributed by atoms with van der Waals surface area (Å²) in [5.74, 6) is 0.736. The molecule has 0 unspecified atom stereocenters. The Morgan fingerprint density at radius 3 is 2.89 bits per heavy atom. The van der Waals surface area contributed by atoms with Gasteiger partial charge in [-0.3, -0.25) is 4.98 Å². The van der Waals surface area contributed by atoms with Crippen molar-refractivity contribution in [3.63, 3.8) is 0 Å². The van der Waals surface area contributed by atoms with Gasteiger partial charge in [-0.25, -0.2) is 4.98 Å². The van der Waals surface area contributed by atoms with E-state index in [4.69, 9.17) is 17.0 Å². The van der Waals surface area contributed by atoms with Crippen LogP contribution in [0.15, 0.2) is 24.4 Å². The Labute approximate surface area is 111 Å². The quantitative estimate of drug-likeness (QED) is 0.859. The number of hydrogen-bond donors (Lipinski definition) is 1. The van der Waals surface area contributed by atoms with Crippen LogP contribution < -0.4 is 0 Å². The second-order valence-electron chi connectivity index (χ2n) is 3.91. The molecule has 0 aliphatic carbocycles. The van der Waals surface area contributed by atoms with Crippen molar-refractivity contribution in [2.75, 3.05) is 6.61 Å². The van der Waals surface area contributed by atoms with E-state index in [1.807, 2.05) is 38.2 Å². The number of pyridine rings is 1. The Morgan fingerprint density at radius 2 is 2.22 bits per heavy atom. The van der Waals surface area contributed by atoms with E-state index in [0.29, 0.717) is 17.9 Å². The highest BCUT2D eigenvalue weighted by Gasteiger charge is 2.02. The minimum absolute atomic E-state index is 0.438. The molecule has 5 heteroatoms. The van der Waals surface area contributed by atoms with Crippen molar-refractivity contribution in [2.24, 2.45) is 0 Å². The average molecular weight is 261 g/mol. The van der Waals surface area contributed by atoms with E-state index in [9.17, 15) is 0 Å². The summed E-state index contributed by atoms with van der Waals surface area (Å²) in [6.45, 7) is 4.99. The molecule has 0 aromatic carbocycles. The number of H-pyrrole nitrogens is 1. The van der Waals surface area contributed by atoms with Gasteiger partial charge in [-0.15, -0.1) is 0 Å². The third-order valence-electron chi connectivity index (χ3n) is 2.46. The SMILES string of the molecule is CCOCc1nc(=S)cc(-c2ccc(C)nc2)[nH]1. The lowest BCUT2D eigenvalue weighted by atomic mass is 10.2. The average Bonchev–Trinajstić information content (AvgIpc) is 2.36. The van der Waals surface area contributed by atoms with Crippen molar-refractivity contribution in [3.8, 4) is 11.3 Å². The van der Waals surface area contributed by atoms with Crippen molar-refractivity contribution < 1.29 is 4.74 Å². The van der Waals surface area contributed by atoms with Crippen LogP contribution in [0.2, 0.25) is 0 Å². The lowest BCUT2D eigenvalue weighted by Gasteiger charge is -2.06. The van der Waals surface area contributed by atoms with Gasteiger partial charge in [0.1, 0.15) is 17.1 Å². The first-order valence-electron chi connectivity index (χ1n) is 5.80. The molecular formula is C13H15N3OS. The Hall–Kier alpha value is -1.59. The van der Waals surface area contributed by atoms with Gasteiger partial charge >= 0.3 is 0 Å². The van der Waals surface area contributed by atoms with Crippen LogP contribution in [-0.2, 0) is 11.3 Å². The second kappa shape index (κ2) is 5.84. The topological polar surface area (TPSA) is 50.8 Å². The highest BCUT2D eigenvalue weighted by atomic mass is 32.1. The van der Waals surface area contributed by atoms with Crippen molar-refractivity contribution >= 4 is 12.2 Å². The fourth-order valence-electron chi connectivity index (χ4n) is 1.56. The van der Waals surface area contributed by atoms with Gasteiger partial charge in [0.15, 0.2) is 0 Å². The molecule has 2 rings (SSSR count). The molecule has 4 nitrogen and oxygen atoms in total. The van der Waals surface area contributed by atoms with E-state index < -0.39 is 0 Å². The highest BCUT2D eigenvalue weighted by Crippen LogP contribution is 2.16. The zero-order chi connectivity index (χ0) is 13.0. The molecule has 0 fully saturated rings. The summed E-state index contributed by atoms with van der Waals surface area (Å²) in [6.07, 6.45) is 1.82. The number of nitrogens with zero attached hydrogens (tertiary/aromatic N) is 2. The van der Waals surface area contributed by atoms with Crippen LogP contribution in [-0.4, -0.2) is 21.6 Å².